The Bertz CT molecular complexity index is 187. The molecule has 68 valence electrons. The number of nitrogens with zero attached hydrogens (tertiary/aromatic N) is 1. The largest absolute Gasteiger partial charge is 0.347 e. The van der Waals surface area contributed by atoms with Crippen molar-refractivity contribution in [2.24, 2.45) is 4.99 Å². The Hall–Kier alpha value is -0.670. The van der Waals surface area contributed by atoms with Gasteiger partial charge < -0.3 is 9.47 Å². The summed E-state index contributed by atoms with van der Waals surface area (Å²) in [5.74, 6) is -0.454. The van der Waals surface area contributed by atoms with Crippen LogP contribution in [-0.4, -0.2) is 31.3 Å². The highest BCUT2D eigenvalue weighted by atomic mass is 16.7. The molecule has 0 spiro atoms. The quantitative estimate of drug-likeness (QED) is 0.472. The summed E-state index contributed by atoms with van der Waals surface area (Å²) in [6, 6.07) is 0. The van der Waals surface area contributed by atoms with Crippen molar-refractivity contribution >= 4 is 6.21 Å². The van der Waals surface area contributed by atoms with Crippen LogP contribution >= 0.6 is 0 Å². The molecule has 0 aromatic carbocycles. The zero-order valence-corrected chi connectivity index (χ0v) is 7.62. The van der Waals surface area contributed by atoms with Crippen molar-refractivity contribution < 1.29 is 9.47 Å². The van der Waals surface area contributed by atoms with E-state index in [1.54, 1.807) is 12.3 Å². The molecule has 1 fully saturated rings. The van der Waals surface area contributed by atoms with Crippen molar-refractivity contribution in [3.63, 3.8) is 0 Å². The van der Waals surface area contributed by atoms with Crippen LogP contribution in [-0.2, 0) is 9.47 Å². The van der Waals surface area contributed by atoms with E-state index < -0.39 is 5.79 Å². The fourth-order valence-corrected chi connectivity index (χ4v) is 1.04. The van der Waals surface area contributed by atoms with Gasteiger partial charge >= 0.3 is 0 Å². The maximum atomic E-state index is 5.49. The summed E-state index contributed by atoms with van der Waals surface area (Å²) in [6.45, 7) is 8.59. The van der Waals surface area contributed by atoms with Gasteiger partial charge in [0.2, 0.25) is 0 Å². The minimum absolute atomic E-state index is 0.0000463. The fraction of sp³-hybridized carbons (Fsp3) is 0.667. The monoisotopic (exact) mass is 169 g/mol. The summed E-state index contributed by atoms with van der Waals surface area (Å²) < 4.78 is 10.8. The van der Waals surface area contributed by atoms with Crippen molar-refractivity contribution in [1.82, 2.24) is 0 Å². The molecule has 0 aromatic rings. The molecule has 1 saturated heterocycles. The standard InChI is InChI=1S/C9H15NO2/c1-4-5-10-6-8-7-11-9(2,3)12-8/h4,6,8H,1,5,7H2,2-3H3. The molecule has 1 aliphatic heterocycles. The molecule has 0 aliphatic carbocycles. The average molecular weight is 169 g/mol. The van der Waals surface area contributed by atoms with Crippen LogP contribution in [0.1, 0.15) is 13.8 Å². The Morgan fingerprint density at radius 1 is 1.67 bits per heavy atom. The van der Waals surface area contributed by atoms with Crippen LogP contribution in [0.4, 0.5) is 0 Å². The first kappa shape index (κ1) is 9.42. The Labute approximate surface area is 73.1 Å². The average Bonchev–Trinajstić information content (AvgIpc) is 2.31. The number of hydrogen-bond donors (Lipinski definition) is 0. The van der Waals surface area contributed by atoms with E-state index in [0.29, 0.717) is 13.2 Å². The van der Waals surface area contributed by atoms with Gasteiger partial charge in [0.25, 0.3) is 0 Å². The van der Waals surface area contributed by atoms with Gasteiger partial charge in [-0.1, -0.05) is 6.08 Å². The minimum atomic E-state index is -0.454. The van der Waals surface area contributed by atoms with Crippen LogP contribution in [0, 0.1) is 0 Å². The lowest BCUT2D eigenvalue weighted by molar-refractivity contribution is -0.130. The van der Waals surface area contributed by atoms with E-state index in [-0.39, 0.29) is 6.10 Å². The van der Waals surface area contributed by atoms with Gasteiger partial charge in [-0.15, -0.1) is 6.58 Å². The maximum Gasteiger partial charge on any atom is 0.163 e. The number of ether oxygens (including phenoxy) is 2. The maximum absolute atomic E-state index is 5.49. The van der Waals surface area contributed by atoms with Gasteiger partial charge in [-0.3, -0.25) is 4.99 Å². The normalized spacial score (nSPS) is 28.0. The molecule has 1 atom stereocenters. The molecule has 0 amide bonds. The molecule has 12 heavy (non-hydrogen) atoms. The number of hydrogen-bond acceptors (Lipinski definition) is 3. The van der Waals surface area contributed by atoms with Crippen molar-refractivity contribution in [2.45, 2.75) is 25.7 Å². The SMILES string of the molecule is C=CCN=CC1COC(C)(C)O1. The van der Waals surface area contributed by atoms with Crippen LogP contribution < -0.4 is 0 Å². The van der Waals surface area contributed by atoms with E-state index in [4.69, 9.17) is 9.47 Å². The third-order valence-electron chi connectivity index (χ3n) is 1.54. The lowest BCUT2D eigenvalue weighted by Gasteiger charge is -2.15. The summed E-state index contributed by atoms with van der Waals surface area (Å²) >= 11 is 0. The highest BCUT2D eigenvalue weighted by molar-refractivity contribution is 5.63. The van der Waals surface area contributed by atoms with Gasteiger partial charge in [0.15, 0.2) is 5.79 Å². The zero-order chi connectivity index (χ0) is 9.03. The topological polar surface area (TPSA) is 30.8 Å². The number of aliphatic imine (C=N–C) groups is 1. The van der Waals surface area contributed by atoms with Crippen LogP contribution in [0.25, 0.3) is 0 Å². The second kappa shape index (κ2) is 3.83. The predicted molar refractivity (Wildman–Crippen MR) is 48.5 cm³/mol. The molecule has 1 heterocycles. The van der Waals surface area contributed by atoms with Gasteiger partial charge in [0.1, 0.15) is 6.10 Å². The van der Waals surface area contributed by atoms with E-state index in [9.17, 15) is 0 Å². The molecule has 3 nitrogen and oxygen atoms in total. The third-order valence-corrected chi connectivity index (χ3v) is 1.54. The Balaban J connectivity index is 2.32. The van der Waals surface area contributed by atoms with E-state index in [1.807, 2.05) is 13.8 Å². The van der Waals surface area contributed by atoms with E-state index in [1.165, 1.54) is 0 Å². The molecular formula is C9H15NO2. The van der Waals surface area contributed by atoms with Crippen LogP contribution in [0.5, 0.6) is 0 Å². The van der Waals surface area contributed by atoms with Gasteiger partial charge in [-0.05, 0) is 13.8 Å². The van der Waals surface area contributed by atoms with E-state index in [0.717, 1.165) is 0 Å². The van der Waals surface area contributed by atoms with Gasteiger partial charge in [-0.25, -0.2) is 0 Å². The Morgan fingerprint density at radius 2 is 2.42 bits per heavy atom. The first-order valence-corrected chi connectivity index (χ1v) is 4.07. The van der Waals surface area contributed by atoms with Gasteiger partial charge in [0.05, 0.1) is 13.2 Å². The van der Waals surface area contributed by atoms with Gasteiger partial charge in [-0.2, -0.15) is 0 Å². The molecule has 0 radical (unpaired) electrons. The summed E-state index contributed by atoms with van der Waals surface area (Å²) in [7, 11) is 0. The molecule has 0 N–H and O–H groups in total. The van der Waals surface area contributed by atoms with Crippen molar-refractivity contribution in [3.8, 4) is 0 Å². The first-order chi connectivity index (χ1) is 5.64. The molecule has 1 unspecified atom stereocenters. The Kier molecular flexibility index (Phi) is 3.00. The Morgan fingerprint density at radius 3 is 2.92 bits per heavy atom. The molecule has 0 aromatic heterocycles. The lowest BCUT2D eigenvalue weighted by Crippen LogP contribution is -2.21. The van der Waals surface area contributed by atoms with E-state index >= 15 is 0 Å². The summed E-state index contributed by atoms with van der Waals surface area (Å²) in [4.78, 5) is 4.09. The van der Waals surface area contributed by atoms with Gasteiger partial charge in [0, 0.05) is 6.21 Å². The fourth-order valence-electron chi connectivity index (χ4n) is 1.04. The molecule has 1 rings (SSSR count). The lowest BCUT2D eigenvalue weighted by atomic mass is 10.4. The molecule has 3 heteroatoms. The first-order valence-electron chi connectivity index (χ1n) is 4.07. The smallest absolute Gasteiger partial charge is 0.163 e. The highest BCUT2D eigenvalue weighted by Crippen LogP contribution is 2.20. The number of rotatable bonds is 3. The molecule has 0 saturated carbocycles. The summed E-state index contributed by atoms with van der Waals surface area (Å²) in [6.07, 6.45) is 3.52. The van der Waals surface area contributed by atoms with Crippen LogP contribution in [0.15, 0.2) is 17.6 Å². The minimum Gasteiger partial charge on any atom is -0.347 e. The van der Waals surface area contributed by atoms with Crippen LogP contribution in [0.3, 0.4) is 0 Å². The second-order valence-corrected chi connectivity index (χ2v) is 3.17. The van der Waals surface area contributed by atoms with E-state index in [2.05, 4.69) is 11.6 Å². The third kappa shape index (κ3) is 2.75. The summed E-state index contributed by atoms with van der Waals surface area (Å²) in [5.41, 5.74) is 0. The molecular weight excluding hydrogens is 154 g/mol. The zero-order valence-electron chi connectivity index (χ0n) is 7.62. The molecule has 1 aliphatic rings. The summed E-state index contributed by atoms with van der Waals surface area (Å²) in [5, 5.41) is 0. The second-order valence-electron chi connectivity index (χ2n) is 3.17. The van der Waals surface area contributed by atoms with Crippen molar-refractivity contribution in [1.29, 1.82) is 0 Å². The highest BCUT2D eigenvalue weighted by Gasteiger charge is 2.31. The predicted octanol–water partition coefficient (Wildman–Crippen LogP) is 1.39. The van der Waals surface area contributed by atoms with Crippen molar-refractivity contribution in [3.05, 3.63) is 12.7 Å². The molecule has 0 bridgehead atoms. The van der Waals surface area contributed by atoms with Crippen LogP contribution in [0.2, 0.25) is 0 Å². The van der Waals surface area contributed by atoms with Crippen molar-refractivity contribution in [2.75, 3.05) is 13.2 Å².